The number of likely N-dealkylation sites (tertiary alicyclic amines) is 1. The monoisotopic (exact) mass is 294 g/mol. The average molecular weight is 294 g/mol. The lowest BCUT2D eigenvalue weighted by molar-refractivity contribution is -0.138. The van der Waals surface area contributed by atoms with Crippen LogP contribution in [0.3, 0.4) is 0 Å². The van der Waals surface area contributed by atoms with Crippen LogP contribution in [0.4, 0.5) is 4.79 Å². The van der Waals surface area contributed by atoms with Crippen molar-refractivity contribution in [3.8, 4) is 0 Å². The van der Waals surface area contributed by atoms with Crippen molar-refractivity contribution in [1.29, 1.82) is 0 Å². The van der Waals surface area contributed by atoms with Gasteiger partial charge >= 0.3 is 6.03 Å². The minimum Gasteiger partial charge on any atom is -0.338 e. The number of nitrogens with one attached hydrogen (secondary N) is 3. The van der Waals surface area contributed by atoms with Crippen LogP contribution in [0.1, 0.15) is 32.6 Å². The summed E-state index contributed by atoms with van der Waals surface area (Å²) in [7, 11) is 0. The molecule has 3 aliphatic heterocycles. The lowest BCUT2D eigenvalue weighted by Crippen LogP contribution is -2.62. The molecule has 4 amide bonds. The van der Waals surface area contributed by atoms with Crippen LogP contribution in [-0.2, 0) is 9.59 Å². The van der Waals surface area contributed by atoms with Crippen molar-refractivity contribution in [3.63, 3.8) is 0 Å². The zero-order chi connectivity index (χ0) is 15.0. The highest BCUT2D eigenvalue weighted by Gasteiger charge is 2.50. The first kappa shape index (κ1) is 14.3. The fourth-order valence-electron chi connectivity index (χ4n) is 3.58. The molecule has 3 heterocycles. The molecule has 3 saturated heterocycles. The molecule has 0 radical (unpaired) electrons. The molecule has 0 aliphatic carbocycles. The summed E-state index contributed by atoms with van der Waals surface area (Å²) in [5.41, 5.74) is -0.925. The van der Waals surface area contributed by atoms with Crippen LogP contribution < -0.4 is 16.0 Å². The van der Waals surface area contributed by atoms with Gasteiger partial charge in [-0.05, 0) is 38.1 Å². The molecular formula is C14H22N4O3. The number of rotatable bonds is 1. The number of carbonyl (C=O) groups excluding carboxylic acids is 3. The summed E-state index contributed by atoms with van der Waals surface area (Å²) in [4.78, 5) is 37.8. The van der Waals surface area contributed by atoms with Crippen molar-refractivity contribution in [1.82, 2.24) is 20.9 Å². The Morgan fingerprint density at radius 3 is 2.86 bits per heavy atom. The molecular weight excluding hydrogens is 272 g/mol. The van der Waals surface area contributed by atoms with Crippen LogP contribution in [0.15, 0.2) is 0 Å². The van der Waals surface area contributed by atoms with E-state index in [1.54, 1.807) is 4.90 Å². The third-order valence-corrected chi connectivity index (χ3v) is 4.78. The van der Waals surface area contributed by atoms with Gasteiger partial charge in [0.1, 0.15) is 5.54 Å². The molecule has 0 aromatic heterocycles. The van der Waals surface area contributed by atoms with Gasteiger partial charge in [0.15, 0.2) is 0 Å². The summed E-state index contributed by atoms with van der Waals surface area (Å²) in [6.07, 6.45) is 3.23. The van der Waals surface area contributed by atoms with Crippen LogP contribution in [0.2, 0.25) is 0 Å². The molecule has 3 aliphatic rings. The summed E-state index contributed by atoms with van der Waals surface area (Å²) >= 11 is 0. The van der Waals surface area contributed by atoms with E-state index >= 15 is 0 Å². The fourth-order valence-corrected chi connectivity index (χ4v) is 3.58. The second-order valence-electron chi connectivity index (χ2n) is 6.49. The number of piperidine rings is 2. The number of hydrogen-bond acceptors (Lipinski definition) is 4. The Morgan fingerprint density at radius 2 is 2.19 bits per heavy atom. The van der Waals surface area contributed by atoms with E-state index in [4.69, 9.17) is 0 Å². The minimum absolute atomic E-state index is 0.0505. The summed E-state index contributed by atoms with van der Waals surface area (Å²) in [6.45, 7) is 3.93. The number of amides is 4. The van der Waals surface area contributed by atoms with Crippen LogP contribution >= 0.6 is 0 Å². The Bertz CT molecular complexity index is 481. The van der Waals surface area contributed by atoms with Crippen LogP contribution in [0.25, 0.3) is 0 Å². The summed E-state index contributed by atoms with van der Waals surface area (Å²) in [6, 6.07) is -0.622. The molecule has 3 N–H and O–H groups in total. The first-order valence-electron chi connectivity index (χ1n) is 7.66. The lowest BCUT2D eigenvalue weighted by atomic mass is 9.87. The maximum atomic E-state index is 12.6. The fraction of sp³-hybridized carbons (Fsp3) is 0.786. The molecule has 0 saturated carbocycles. The van der Waals surface area contributed by atoms with Gasteiger partial charge in [0.05, 0.1) is 12.6 Å². The van der Waals surface area contributed by atoms with Crippen molar-refractivity contribution in [3.05, 3.63) is 0 Å². The minimum atomic E-state index is -0.925. The molecule has 3 rings (SSSR count). The van der Waals surface area contributed by atoms with Crippen LogP contribution in [0.5, 0.6) is 0 Å². The number of imide groups is 1. The Hall–Kier alpha value is -1.63. The highest BCUT2D eigenvalue weighted by molar-refractivity contribution is 6.07. The number of hydrogen-bond donors (Lipinski definition) is 3. The third kappa shape index (κ3) is 2.62. The number of carbonyl (C=O) groups is 3. The van der Waals surface area contributed by atoms with E-state index in [-0.39, 0.29) is 24.4 Å². The average Bonchev–Trinajstić information content (AvgIpc) is 2.72. The standard InChI is InChI=1S/C14H22N4O3/c1-9-3-5-15-10(7-9)11(19)18-6-2-4-14(8-18)12(20)16-13(21)17-14/h9-10,15H,2-8H2,1H3,(H2,16,17,20,21). The van der Waals surface area contributed by atoms with E-state index in [1.807, 2.05) is 0 Å². The SMILES string of the molecule is CC1CCNC(C(=O)N2CCCC3(C2)NC(=O)NC3=O)C1. The van der Waals surface area contributed by atoms with E-state index < -0.39 is 11.6 Å². The van der Waals surface area contributed by atoms with E-state index in [2.05, 4.69) is 22.9 Å². The van der Waals surface area contributed by atoms with Gasteiger partial charge in [0.25, 0.3) is 5.91 Å². The molecule has 7 heteroatoms. The van der Waals surface area contributed by atoms with E-state index in [1.165, 1.54) is 0 Å². The van der Waals surface area contributed by atoms with Crippen LogP contribution in [-0.4, -0.2) is 54.0 Å². The molecule has 1 spiro atoms. The highest BCUT2D eigenvalue weighted by atomic mass is 16.2. The summed E-state index contributed by atoms with van der Waals surface area (Å²) in [5, 5.41) is 8.25. The predicted molar refractivity (Wildman–Crippen MR) is 75.4 cm³/mol. The highest BCUT2D eigenvalue weighted by Crippen LogP contribution is 2.26. The van der Waals surface area contributed by atoms with Gasteiger partial charge in [0.2, 0.25) is 5.91 Å². The zero-order valence-electron chi connectivity index (χ0n) is 12.3. The van der Waals surface area contributed by atoms with Crippen molar-refractivity contribution in [2.45, 2.75) is 44.2 Å². The molecule has 3 unspecified atom stereocenters. The van der Waals surface area contributed by atoms with Gasteiger partial charge in [-0.15, -0.1) is 0 Å². The lowest BCUT2D eigenvalue weighted by Gasteiger charge is -2.40. The Kier molecular flexibility index (Phi) is 3.61. The van der Waals surface area contributed by atoms with E-state index in [0.717, 1.165) is 25.8 Å². The second kappa shape index (κ2) is 5.29. The first-order chi connectivity index (χ1) is 10.00. The molecule has 3 fully saturated rings. The summed E-state index contributed by atoms with van der Waals surface area (Å²) in [5.74, 6) is 0.276. The first-order valence-corrected chi connectivity index (χ1v) is 7.66. The third-order valence-electron chi connectivity index (χ3n) is 4.78. The van der Waals surface area contributed by atoms with E-state index in [9.17, 15) is 14.4 Å². The quantitative estimate of drug-likeness (QED) is 0.573. The largest absolute Gasteiger partial charge is 0.338 e. The smallest absolute Gasteiger partial charge is 0.322 e. The Balaban J connectivity index is 1.70. The number of urea groups is 1. The Morgan fingerprint density at radius 1 is 1.38 bits per heavy atom. The van der Waals surface area contributed by atoms with Crippen molar-refractivity contribution >= 4 is 17.8 Å². The second-order valence-corrected chi connectivity index (χ2v) is 6.49. The van der Waals surface area contributed by atoms with Gasteiger partial charge in [-0.3, -0.25) is 14.9 Å². The van der Waals surface area contributed by atoms with Crippen molar-refractivity contribution in [2.75, 3.05) is 19.6 Å². The molecule has 0 aromatic carbocycles. The van der Waals surface area contributed by atoms with E-state index in [0.29, 0.717) is 18.9 Å². The summed E-state index contributed by atoms with van der Waals surface area (Å²) < 4.78 is 0. The van der Waals surface area contributed by atoms with Gasteiger partial charge < -0.3 is 15.5 Å². The normalized spacial score (nSPS) is 36.5. The zero-order valence-corrected chi connectivity index (χ0v) is 12.3. The maximum Gasteiger partial charge on any atom is 0.322 e. The van der Waals surface area contributed by atoms with Gasteiger partial charge in [-0.2, -0.15) is 0 Å². The maximum absolute atomic E-state index is 12.6. The number of nitrogens with zero attached hydrogens (tertiary/aromatic N) is 1. The molecule has 116 valence electrons. The molecule has 0 bridgehead atoms. The molecule has 0 aromatic rings. The van der Waals surface area contributed by atoms with Crippen LogP contribution in [0, 0.1) is 5.92 Å². The molecule has 7 nitrogen and oxygen atoms in total. The predicted octanol–water partition coefficient (Wildman–Crippen LogP) is -0.425. The molecule has 3 atom stereocenters. The topological polar surface area (TPSA) is 90.5 Å². The molecule has 21 heavy (non-hydrogen) atoms. The van der Waals surface area contributed by atoms with Gasteiger partial charge in [0, 0.05) is 6.54 Å². The van der Waals surface area contributed by atoms with Gasteiger partial charge in [-0.25, -0.2) is 4.79 Å². The van der Waals surface area contributed by atoms with Crippen molar-refractivity contribution < 1.29 is 14.4 Å². The van der Waals surface area contributed by atoms with Crippen molar-refractivity contribution in [2.24, 2.45) is 5.92 Å². The van der Waals surface area contributed by atoms with Gasteiger partial charge in [-0.1, -0.05) is 6.92 Å². The Labute approximate surface area is 123 Å².